The fourth-order valence-corrected chi connectivity index (χ4v) is 1.97. The summed E-state index contributed by atoms with van der Waals surface area (Å²) in [6, 6.07) is 6.27. The van der Waals surface area contributed by atoms with E-state index in [2.05, 4.69) is 47.0 Å². The van der Waals surface area contributed by atoms with Crippen molar-refractivity contribution >= 4 is 11.0 Å². The number of fused-ring (bicyclic) bond motifs is 1. The van der Waals surface area contributed by atoms with E-state index in [-0.39, 0.29) is 0 Å². The molecule has 0 fully saturated rings. The third-order valence-corrected chi connectivity index (χ3v) is 2.79. The van der Waals surface area contributed by atoms with E-state index in [1.54, 1.807) is 0 Å². The first-order valence-corrected chi connectivity index (χ1v) is 5.29. The van der Waals surface area contributed by atoms with Crippen LogP contribution in [0.5, 0.6) is 0 Å². The minimum atomic E-state index is 0.968. The van der Waals surface area contributed by atoms with Gasteiger partial charge in [0.15, 0.2) is 0 Å². The van der Waals surface area contributed by atoms with Crippen LogP contribution >= 0.6 is 0 Å². The number of hydrogen-bond donors (Lipinski definition) is 1. The first-order valence-electron chi connectivity index (χ1n) is 5.29. The third kappa shape index (κ3) is 1.75. The van der Waals surface area contributed by atoms with Crippen LogP contribution in [0.4, 0.5) is 0 Å². The van der Waals surface area contributed by atoms with Crippen LogP contribution in [-0.4, -0.2) is 23.1 Å². The fourth-order valence-electron chi connectivity index (χ4n) is 1.97. The zero-order valence-corrected chi connectivity index (χ0v) is 9.54. The van der Waals surface area contributed by atoms with Gasteiger partial charge in [-0.3, -0.25) is 0 Å². The van der Waals surface area contributed by atoms with Gasteiger partial charge in [-0.15, -0.1) is 0 Å². The molecule has 1 N–H and O–H groups in total. The van der Waals surface area contributed by atoms with Gasteiger partial charge in [-0.2, -0.15) is 0 Å². The molecule has 0 atom stereocenters. The summed E-state index contributed by atoms with van der Waals surface area (Å²) in [4.78, 5) is 4.63. The van der Waals surface area contributed by atoms with E-state index in [4.69, 9.17) is 0 Å². The van der Waals surface area contributed by atoms with E-state index in [9.17, 15) is 0 Å². The Kier molecular flexibility index (Phi) is 2.73. The molecule has 0 radical (unpaired) electrons. The van der Waals surface area contributed by atoms with E-state index >= 15 is 0 Å². The SMILES string of the molecule is CNCCc1nc2cccc(C)c2n1C. The molecule has 2 aromatic rings. The first kappa shape index (κ1) is 10.2. The molecule has 0 amide bonds. The first-order chi connectivity index (χ1) is 7.24. The molecule has 1 heterocycles. The smallest absolute Gasteiger partial charge is 0.110 e. The molecule has 0 spiro atoms. The van der Waals surface area contributed by atoms with Crippen molar-refractivity contribution < 1.29 is 0 Å². The average Bonchev–Trinajstić information content (AvgIpc) is 2.54. The number of hydrogen-bond acceptors (Lipinski definition) is 2. The standard InChI is InChI=1S/C12H17N3/c1-9-5-4-6-10-12(9)15(3)11(14-10)7-8-13-2/h4-6,13H,7-8H2,1-3H3. The van der Waals surface area contributed by atoms with Crippen LogP contribution in [0.25, 0.3) is 11.0 Å². The highest BCUT2D eigenvalue weighted by Crippen LogP contribution is 2.18. The van der Waals surface area contributed by atoms with E-state index in [0.29, 0.717) is 0 Å². The number of benzene rings is 1. The zero-order chi connectivity index (χ0) is 10.8. The Balaban J connectivity index is 2.50. The molecule has 1 aromatic carbocycles. The minimum Gasteiger partial charge on any atom is -0.331 e. The summed E-state index contributed by atoms with van der Waals surface area (Å²) >= 11 is 0. The van der Waals surface area contributed by atoms with Crippen LogP contribution in [0, 0.1) is 6.92 Å². The van der Waals surface area contributed by atoms with Gasteiger partial charge in [-0.05, 0) is 25.6 Å². The molecule has 0 aliphatic rings. The van der Waals surface area contributed by atoms with Crippen molar-refractivity contribution in [3.63, 3.8) is 0 Å². The Labute approximate surface area is 90.1 Å². The Morgan fingerprint density at radius 3 is 2.87 bits per heavy atom. The second-order valence-corrected chi connectivity index (χ2v) is 3.88. The lowest BCUT2D eigenvalue weighted by atomic mass is 10.2. The van der Waals surface area contributed by atoms with E-state index in [1.165, 1.54) is 11.1 Å². The lowest BCUT2D eigenvalue weighted by Crippen LogP contribution is -2.13. The van der Waals surface area contributed by atoms with Crippen LogP contribution in [-0.2, 0) is 13.5 Å². The predicted octanol–water partition coefficient (Wildman–Crippen LogP) is 1.64. The Bertz CT molecular complexity index is 471. The van der Waals surface area contributed by atoms with Gasteiger partial charge >= 0.3 is 0 Å². The van der Waals surface area contributed by atoms with Crippen LogP contribution in [0.2, 0.25) is 0 Å². The van der Waals surface area contributed by atoms with E-state index < -0.39 is 0 Å². The van der Waals surface area contributed by atoms with Gasteiger partial charge in [0.2, 0.25) is 0 Å². The van der Waals surface area contributed by atoms with Gasteiger partial charge in [0.05, 0.1) is 11.0 Å². The molecule has 0 unspecified atom stereocenters. The molecular weight excluding hydrogens is 186 g/mol. The molecule has 3 heteroatoms. The quantitative estimate of drug-likeness (QED) is 0.822. The van der Waals surface area contributed by atoms with Crippen molar-refractivity contribution in [2.45, 2.75) is 13.3 Å². The van der Waals surface area contributed by atoms with Gasteiger partial charge in [0.1, 0.15) is 5.82 Å². The molecule has 3 nitrogen and oxygen atoms in total. The number of nitrogens with zero attached hydrogens (tertiary/aromatic N) is 2. The summed E-state index contributed by atoms with van der Waals surface area (Å²) in [7, 11) is 4.06. The topological polar surface area (TPSA) is 29.9 Å². The molecule has 80 valence electrons. The second kappa shape index (κ2) is 4.03. The van der Waals surface area contributed by atoms with Crippen molar-refractivity contribution in [2.75, 3.05) is 13.6 Å². The number of para-hydroxylation sites is 1. The third-order valence-electron chi connectivity index (χ3n) is 2.79. The highest BCUT2D eigenvalue weighted by Gasteiger charge is 2.08. The Morgan fingerprint density at radius 2 is 2.20 bits per heavy atom. The number of likely N-dealkylation sites (N-methyl/N-ethyl adjacent to an activating group) is 1. The number of aromatic nitrogens is 2. The molecule has 0 saturated heterocycles. The molecule has 15 heavy (non-hydrogen) atoms. The molecule has 0 bridgehead atoms. The summed E-state index contributed by atoms with van der Waals surface area (Å²) in [6.45, 7) is 3.10. The Morgan fingerprint density at radius 1 is 1.40 bits per heavy atom. The fraction of sp³-hybridized carbons (Fsp3) is 0.417. The van der Waals surface area contributed by atoms with Crippen molar-refractivity contribution in [3.05, 3.63) is 29.6 Å². The monoisotopic (exact) mass is 203 g/mol. The van der Waals surface area contributed by atoms with Crippen LogP contribution in [0.3, 0.4) is 0 Å². The van der Waals surface area contributed by atoms with Crippen LogP contribution in [0.15, 0.2) is 18.2 Å². The van der Waals surface area contributed by atoms with Gasteiger partial charge in [0.25, 0.3) is 0 Å². The average molecular weight is 203 g/mol. The van der Waals surface area contributed by atoms with Crippen molar-refractivity contribution in [3.8, 4) is 0 Å². The number of rotatable bonds is 3. The maximum atomic E-state index is 4.63. The van der Waals surface area contributed by atoms with Gasteiger partial charge in [-0.1, -0.05) is 12.1 Å². The van der Waals surface area contributed by atoms with Gasteiger partial charge in [0, 0.05) is 20.0 Å². The minimum absolute atomic E-state index is 0.968. The summed E-state index contributed by atoms with van der Waals surface area (Å²) in [5, 5.41) is 3.15. The normalized spacial score (nSPS) is 11.1. The van der Waals surface area contributed by atoms with Gasteiger partial charge < -0.3 is 9.88 Å². The van der Waals surface area contributed by atoms with Crippen LogP contribution < -0.4 is 5.32 Å². The summed E-state index contributed by atoms with van der Waals surface area (Å²) in [5.41, 5.74) is 3.64. The lowest BCUT2D eigenvalue weighted by Gasteiger charge is -2.02. The molecule has 1 aromatic heterocycles. The van der Waals surface area contributed by atoms with E-state index in [1.807, 2.05) is 7.05 Å². The molecule has 0 aliphatic heterocycles. The summed E-state index contributed by atoms with van der Waals surface area (Å²) in [6.07, 6.45) is 0.973. The predicted molar refractivity (Wildman–Crippen MR) is 63.1 cm³/mol. The summed E-state index contributed by atoms with van der Waals surface area (Å²) in [5.74, 6) is 1.15. The lowest BCUT2D eigenvalue weighted by molar-refractivity contribution is 0.725. The number of nitrogens with one attached hydrogen (secondary N) is 1. The highest BCUT2D eigenvalue weighted by molar-refractivity contribution is 5.79. The number of imidazole rings is 1. The van der Waals surface area contributed by atoms with Crippen molar-refractivity contribution in [1.82, 2.24) is 14.9 Å². The maximum Gasteiger partial charge on any atom is 0.110 e. The second-order valence-electron chi connectivity index (χ2n) is 3.88. The maximum absolute atomic E-state index is 4.63. The van der Waals surface area contributed by atoms with E-state index in [0.717, 1.165) is 24.3 Å². The van der Waals surface area contributed by atoms with Crippen LogP contribution in [0.1, 0.15) is 11.4 Å². The largest absolute Gasteiger partial charge is 0.331 e. The zero-order valence-electron chi connectivity index (χ0n) is 9.54. The summed E-state index contributed by atoms with van der Waals surface area (Å²) < 4.78 is 2.20. The number of aryl methyl sites for hydroxylation is 2. The molecular formula is C12H17N3. The molecule has 0 aliphatic carbocycles. The molecule has 0 saturated carbocycles. The van der Waals surface area contributed by atoms with Crippen molar-refractivity contribution in [1.29, 1.82) is 0 Å². The highest BCUT2D eigenvalue weighted by atomic mass is 15.1. The Hall–Kier alpha value is -1.35. The molecule has 2 rings (SSSR count). The van der Waals surface area contributed by atoms with Crippen molar-refractivity contribution in [2.24, 2.45) is 7.05 Å². The van der Waals surface area contributed by atoms with Gasteiger partial charge in [-0.25, -0.2) is 4.98 Å².